The first-order chi connectivity index (χ1) is 19.7. The molecule has 0 amide bonds. The average molecular weight is 566 g/mol. The van der Waals surface area contributed by atoms with Gasteiger partial charge in [-0.25, -0.2) is 4.79 Å². The number of likely N-dealkylation sites (tertiary alicyclic amines) is 1. The lowest BCUT2D eigenvalue weighted by atomic mass is 9.90. The molecule has 1 aromatic heterocycles. The Labute approximate surface area is 237 Å². The smallest absolute Gasteiger partial charge is 0.416 e. The number of phenols is 1. The number of aromatic hydroxyl groups is 1. The second kappa shape index (κ2) is 12.4. The van der Waals surface area contributed by atoms with Crippen LogP contribution in [0, 0.1) is 6.92 Å². The van der Waals surface area contributed by atoms with Crippen LogP contribution in [0.1, 0.15) is 54.4 Å². The molecule has 41 heavy (non-hydrogen) atoms. The van der Waals surface area contributed by atoms with Crippen LogP contribution in [0.3, 0.4) is 0 Å². The molecule has 0 spiro atoms. The van der Waals surface area contributed by atoms with Crippen molar-refractivity contribution in [2.45, 2.75) is 51.6 Å². The van der Waals surface area contributed by atoms with Gasteiger partial charge in [-0.2, -0.15) is 13.2 Å². The first kappa shape index (κ1) is 28.7. The lowest BCUT2D eigenvalue weighted by Gasteiger charge is -2.24. The van der Waals surface area contributed by atoms with E-state index in [9.17, 15) is 23.1 Å². The fourth-order valence-electron chi connectivity index (χ4n) is 5.57. The zero-order chi connectivity index (χ0) is 29.0. The molecule has 0 aliphatic carbocycles. The van der Waals surface area contributed by atoms with Crippen molar-refractivity contribution in [3.05, 3.63) is 93.3 Å². The molecule has 4 aromatic rings. The Bertz CT molecular complexity index is 1550. The van der Waals surface area contributed by atoms with Crippen molar-refractivity contribution >= 4 is 11.0 Å². The number of halogens is 3. The Hall–Kier alpha value is -3.78. The van der Waals surface area contributed by atoms with Gasteiger partial charge < -0.3 is 14.3 Å². The van der Waals surface area contributed by atoms with Gasteiger partial charge in [-0.1, -0.05) is 37.5 Å². The van der Waals surface area contributed by atoms with Gasteiger partial charge in [-0.05, 0) is 97.9 Å². The Morgan fingerprint density at radius 3 is 2.32 bits per heavy atom. The third-order valence-corrected chi connectivity index (χ3v) is 7.75. The zero-order valence-corrected chi connectivity index (χ0v) is 23.1. The van der Waals surface area contributed by atoms with Crippen LogP contribution in [0.5, 0.6) is 11.5 Å². The number of alkyl halides is 3. The molecular weight excluding hydrogens is 531 g/mol. The summed E-state index contributed by atoms with van der Waals surface area (Å²) in [7, 11) is 0. The molecule has 8 heteroatoms. The summed E-state index contributed by atoms with van der Waals surface area (Å²) in [5.74, 6) is 0.698. The zero-order valence-electron chi connectivity index (χ0n) is 23.1. The van der Waals surface area contributed by atoms with Gasteiger partial charge in [0.15, 0.2) is 0 Å². The number of phenolic OH excluding ortho intramolecular Hbond substituents is 1. The van der Waals surface area contributed by atoms with Gasteiger partial charge in [0.25, 0.3) is 0 Å². The number of ether oxygens (including phenoxy) is 1. The molecule has 0 unspecified atom stereocenters. The molecular formula is C33H34F3NO4. The number of hydrogen-bond donors (Lipinski definition) is 1. The number of hydrogen-bond acceptors (Lipinski definition) is 5. The molecule has 1 saturated heterocycles. The first-order valence-corrected chi connectivity index (χ1v) is 14.1. The summed E-state index contributed by atoms with van der Waals surface area (Å²) < 4.78 is 51.5. The third kappa shape index (κ3) is 6.93. The second-order valence-electron chi connectivity index (χ2n) is 10.7. The third-order valence-electron chi connectivity index (χ3n) is 7.75. The summed E-state index contributed by atoms with van der Waals surface area (Å²) in [6.45, 7) is 5.26. The van der Waals surface area contributed by atoms with E-state index in [0.717, 1.165) is 43.1 Å². The monoisotopic (exact) mass is 565 g/mol. The minimum absolute atomic E-state index is 0.0534. The highest BCUT2D eigenvalue weighted by atomic mass is 19.4. The molecule has 5 rings (SSSR count). The van der Waals surface area contributed by atoms with E-state index in [1.165, 1.54) is 50.3 Å². The van der Waals surface area contributed by atoms with Crippen LogP contribution in [0.2, 0.25) is 0 Å². The van der Waals surface area contributed by atoms with Crippen molar-refractivity contribution in [2.75, 3.05) is 26.2 Å². The maximum Gasteiger partial charge on any atom is 0.416 e. The van der Waals surface area contributed by atoms with Gasteiger partial charge in [-0.3, -0.25) is 4.90 Å². The van der Waals surface area contributed by atoms with Crippen molar-refractivity contribution in [2.24, 2.45) is 0 Å². The van der Waals surface area contributed by atoms with Crippen molar-refractivity contribution in [1.29, 1.82) is 0 Å². The van der Waals surface area contributed by atoms with Crippen LogP contribution in [0.15, 0.2) is 69.9 Å². The van der Waals surface area contributed by atoms with E-state index in [-0.39, 0.29) is 16.9 Å². The van der Waals surface area contributed by atoms with Crippen LogP contribution in [-0.2, 0) is 12.6 Å². The number of aryl methyl sites for hydroxylation is 1. The Kier molecular flexibility index (Phi) is 8.68. The van der Waals surface area contributed by atoms with E-state index in [1.54, 1.807) is 13.0 Å². The molecule has 0 atom stereocenters. The standard InChI is InChI=1S/C33H34F3NO4/c1-22-19-24(33(34,35)36)9-13-27(22)31-29(28-14-10-25(38)21-30(28)41-32(31)39)20-23-7-11-26(12-8-23)40-18-17-37-15-5-3-2-4-6-16-37/h7-14,19,21,38H,2-6,15-18,20H2,1H3. The summed E-state index contributed by atoms with van der Waals surface area (Å²) >= 11 is 0. The molecule has 0 saturated carbocycles. The molecule has 1 fully saturated rings. The highest BCUT2D eigenvalue weighted by Crippen LogP contribution is 2.36. The maximum atomic E-state index is 13.3. The van der Waals surface area contributed by atoms with Crippen LogP contribution >= 0.6 is 0 Å². The van der Waals surface area contributed by atoms with Gasteiger partial charge >= 0.3 is 11.8 Å². The van der Waals surface area contributed by atoms with Gasteiger partial charge in [0.05, 0.1) is 11.1 Å². The molecule has 0 bridgehead atoms. The largest absolute Gasteiger partial charge is 0.508 e. The minimum atomic E-state index is -4.49. The van der Waals surface area contributed by atoms with E-state index in [1.807, 2.05) is 24.3 Å². The fraction of sp³-hybridized carbons (Fsp3) is 0.364. The highest BCUT2D eigenvalue weighted by Gasteiger charge is 2.31. The summed E-state index contributed by atoms with van der Waals surface area (Å²) in [5, 5.41) is 10.6. The number of nitrogens with zero attached hydrogens (tertiary/aromatic N) is 1. The molecule has 1 aliphatic heterocycles. The number of rotatable bonds is 7. The van der Waals surface area contributed by atoms with Crippen molar-refractivity contribution in [3.63, 3.8) is 0 Å². The Balaban J connectivity index is 1.41. The summed E-state index contributed by atoms with van der Waals surface area (Å²) in [6.07, 6.45) is 2.21. The van der Waals surface area contributed by atoms with E-state index in [4.69, 9.17) is 9.15 Å². The van der Waals surface area contributed by atoms with Gasteiger partial charge in [0.1, 0.15) is 23.7 Å². The fourth-order valence-corrected chi connectivity index (χ4v) is 5.57. The first-order valence-electron chi connectivity index (χ1n) is 14.1. The number of benzene rings is 3. The van der Waals surface area contributed by atoms with E-state index < -0.39 is 17.4 Å². The van der Waals surface area contributed by atoms with Gasteiger partial charge in [-0.15, -0.1) is 0 Å². The SMILES string of the molecule is Cc1cc(C(F)(F)F)ccc1-c1c(Cc2ccc(OCCN3CCCCCCC3)cc2)c2ccc(O)cc2oc1=O. The lowest BCUT2D eigenvalue weighted by molar-refractivity contribution is -0.137. The van der Waals surface area contributed by atoms with E-state index in [2.05, 4.69) is 4.90 Å². The summed E-state index contributed by atoms with van der Waals surface area (Å²) in [6, 6.07) is 15.5. The predicted molar refractivity (Wildman–Crippen MR) is 154 cm³/mol. The number of fused-ring (bicyclic) bond motifs is 1. The Morgan fingerprint density at radius 1 is 0.927 bits per heavy atom. The molecule has 216 valence electrons. The average Bonchev–Trinajstić information content (AvgIpc) is 2.90. The van der Waals surface area contributed by atoms with Crippen LogP contribution in [0.4, 0.5) is 13.2 Å². The second-order valence-corrected chi connectivity index (χ2v) is 10.7. The topological polar surface area (TPSA) is 62.9 Å². The Morgan fingerprint density at radius 2 is 1.63 bits per heavy atom. The van der Waals surface area contributed by atoms with Crippen LogP contribution < -0.4 is 10.4 Å². The predicted octanol–water partition coefficient (Wildman–Crippen LogP) is 7.73. The molecule has 2 heterocycles. The maximum absolute atomic E-state index is 13.3. The summed E-state index contributed by atoms with van der Waals surface area (Å²) in [4.78, 5) is 15.7. The van der Waals surface area contributed by atoms with Gasteiger partial charge in [0, 0.05) is 18.0 Å². The highest BCUT2D eigenvalue weighted by molar-refractivity contribution is 5.88. The minimum Gasteiger partial charge on any atom is -0.508 e. The molecule has 3 aromatic carbocycles. The molecule has 1 N–H and O–H groups in total. The lowest BCUT2D eigenvalue weighted by Crippen LogP contribution is -2.31. The molecule has 5 nitrogen and oxygen atoms in total. The quantitative estimate of drug-likeness (QED) is 0.232. The van der Waals surface area contributed by atoms with Gasteiger partial charge in [0.2, 0.25) is 0 Å². The van der Waals surface area contributed by atoms with Crippen molar-refractivity contribution < 1.29 is 27.4 Å². The van der Waals surface area contributed by atoms with Crippen LogP contribution in [-0.4, -0.2) is 36.2 Å². The molecule has 1 aliphatic rings. The van der Waals surface area contributed by atoms with Crippen molar-refractivity contribution in [3.8, 4) is 22.6 Å². The normalized spacial score (nSPS) is 15.0. The van der Waals surface area contributed by atoms with Crippen molar-refractivity contribution in [1.82, 2.24) is 4.90 Å². The van der Waals surface area contributed by atoms with E-state index >= 15 is 0 Å². The van der Waals surface area contributed by atoms with Crippen LogP contribution in [0.25, 0.3) is 22.1 Å². The summed E-state index contributed by atoms with van der Waals surface area (Å²) in [5.41, 5.74) is 1.17. The van der Waals surface area contributed by atoms with E-state index in [0.29, 0.717) is 35.1 Å². The molecule has 0 radical (unpaired) electrons.